The molecule has 0 aliphatic carbocycles. The van der Waals surface area contributed by atoms with Gasteiger partial charge in [0.25, 0.3) is 0 Å². The molecular formula is C21H14N4. The third-order valence-electron chi connectivity index (χ3n) is 4.95. The molecule has 0 bridgehead atoms. The Morgan fingerprint density at radius 3 is 2.56 bits per heavy atom. The molecule has 0 N–H and O–H groups in total. The minimum atomic E-state index is 0.950. The van der Waals surface area contributed by atoms with Crippen molar-refractivity contribution >= 4 is 44.3 Å². The van der Waals surface area contributed by atoms with E-state index in [2.05, 4.69) is 76.5 Å². The van der Waals surface area contributed by atoms with Crippen LogP contribution in [0.15, 0.2) is 66.9 Å². The number of fused-ring (bicyclic) bond motifs is 10. The second-order valence-electron chi connectivity index (χ2n) is 6.52. The Morgan fingerprint density at radius 1 is 0.840 bits per heavy atom. The van der Waals surface area contributed by atoms with Gasteiger partial charge in [0.1, 0.15) is 16.7 Å². The minimum absolute atomic E-state index is 0.950. The zero-order valence-corrected chi connectivity index (χ0v) is 13.6. The summed E-state index contributed by atoms with van der Waals surface area (Å²) in [5.74, 6) is 0. The molecule has 0 atom stereocenters. The highest BCUT2D eigenvalue weighted by molar-refractivity contribution is 6.12. The topological polar surface area (TPSA) is 34.6 Å². The lowest BCUT2D eigenvalue weighted by molar-refractivity contribution is 1.20. The molecule has 0 radical (unpaired) electrons. The molecule has 6 aromatic rings. The molecule has 0 aliphatic rings. The predicted molar refractivity (Wildman–Crippen MR) is 101 cm³/mol. The Morgan fingerprint density at radius 2 is 1.64 bits per heavy atom. The molecule has 0 unspecified atom stereocenters. The summed E-state index contributed by atoms with van der Waals surface area (Å²) < 4.78 is 4.40. The molecule has 0 amide bonds. The molecule has 0 saturated carbocycles. The van der Waals surface area contributed by atoms with Gasteiger partial charge >= 0.3 is 0 Å². The minimum Gasteiger partial charge on any atom is -0.296 e. The van der Waals surface area contributed by atoms with Gasteiger partial charge in [-0.1, -0.05) is 30.3 Å². The lowest BCUT2D eigenvalue weighted by Gasteiger charge is -2.05. The molecule has 0 aliphatic heterocycles. The van der Waals surface area contributed by atoms with Gasteiger partial charge in [-0.05, 0) is 42.8 Å². The maximum Gasteiger partial charge on any atom is 0.165 e. The number of rotatable bonds is 0. The van der Waals surface area contributed by atoms with E-state index >= 15 is 0 Å². The average molecular weight is 322 g/mol. The number of aromatic nitrogens is 4. The molecule has 2 aromatic carbocycles. The lowest BCUT2D eigenvalue weighted by atomic mass is 10.2. The van der Waals surface area contributed by atoms with E-state index in [4.69, 9.17) is 9.97 Å². The molecule has 0 spiro atoms. The number of aryl methyl sites for hydroxylation is 1. The number of pyridine rings is 2. The predicted octanol–water partition coefficient (Wildman–Crippen LogP) is 4.75. The van der Waals surface area contributed by atoms with Crippen LogP contribution in [0.3, 0.4) is 0 Å². The van der Waals surface area contributed by atoms with Crippen LogP contribution in [0, 0.1) is 6.92 Å². The number of hydrogen-bond donors (Lipinski definition) is 0. The van der Waals surface area contributed by atoms with Gasteiger partial charge in [-0.25, -0.2) is 9.97 Å². The number of imidazole rings is 2. The van der Waals surface area contributed by atoms with E-state index in [1.807, 2.05) is 6.07 Å². The van der Waals surface area contributed by atoms with E-state index in [0.29, 0.717) is 0 Å². The van der Waals surface area contributed by atoms with Gasteiger partial charge in [0.15, 0.2) is 5.65 Å². The zero-order valence-electron chi connectivity index (χ0n) is 13.6. The fourth-order valence-corrected chi connectivity index (χ4v) is 3.85. The molecule has 118 valence electrons. The molecule has 4 heterocycles. The van der Waals surface area contributed by atoms with Crippen LogP contribution in [0.1, 0.15) is 5.56 Å². The van der Waals surface area contributed by atoms with Crippen LogP contribution in [0.4, 0.5) is 0 Å². The Hall–Kier alpha value is -3.40. The van der Waals surface area contributed by atoms with Crippen LogP contribution in [0.5, 0.6) is 0 Å². The van der Waals surface area contributed by atoms with Crippen LogP contribution < -0.4 is 0 Å². The molecule has 0 fully saturated rings. The van der Waals surface area contributed by atoms with Crippen molar-refractivity contribution < 1.29 is 0 Å². The summed E-state index contributed by atoms with van der Waals surface area (Å²) in [5.41, 5.74) is 8.44. The molecule has 4 aromatic heterocycles. The molecule has 6 rings (SSSR count). The van der Waals surface area contributed by atoms with Crippen molar-refractivity contribution in [2.45, 2.75) is 6.92 Å². The largest absolute Gasteiger partial charge is 0.296 e. The number of benzene rings is 2. The molecule has 4 nitrogen and oxygen atoms in total. The highest BCUT2D eigenvalue weighted by Gasteiger charge is 2.17. The van der Waals surface area contributed by atoms with Crippen molar-refractivity contribution in [1.29, 1.82) is 0 Å². The fraction of sp³-hybridized carbons (Fsp3) is 0.0476. The standard InChI is InChI=1S/C21H14N4/c1-13-10-11-24-18(12-13)23-19-14-6-2-4-8-16(14)25-17-9-5-3-7-15(17)22-21(25)20(19)24/h2-12H,1H3. The van der Waals surface area contributed by atoms with Crippen molar-refractivity contribution in [3.05, 3.63) is 72.4 Å². The van der Waals surface area contributed by atoms with Crippen molar-refractivity contribution in [3.8, 4) is 0 Å². The van der Waals surface area contributed by atoms with E-state index in [1.54, 1.807) is 0 Å². The van der Waals surface area contributed by atoms with Crippen molar-refractivity contribution in [1.82, 2.24) is 18.8 Å². The monoisotopic (exact) mass is 322 g/mol. The smallest absolute Gasteiger partial charge is 0.165 e. The first-order valence-corrected chi connectivity index (χ1v) is 8.37. The Kier molecular flexibility index (Phi) is 2.26. The summed E-state index contributed by atoms with van der Waals surface area (Å²) in [5, 5.41) is 1.15. The second-order valence-corrected chi connectivity index (χ2v) is 6.52. The highest BCUT2D eigenvalue weighted by atomic mass is 15.1. The third kappa shape index (κ3) is 1.56. The average Bonchev–Trinajstić information content (AvgIpc) is 3.19. The third-order valence-corrected chi connectivity index (χ3v) is 4.95. The number of para-hydroxylation sites is 3. The Bertz CT molecular complexity index is 1450. The molecular weight excluding hydrogens is 308 g/mol. The van der Waals surface area contributed by atoms with E-state index in [1.165, 1.54) is 5.56 Å². The molecule has 25 heavy (non-hydrogen) atoms. The maximum atomic E-state index is 4.94. The van der Waals surface area contributed by atoms with Gasteiger partial charge in [0.2, 0.25) is 0 Å². The Balaban J connectivity index is 2.05. The fourth-order valence-electron chi connectivity index (χ4n) is 3.85. The SMILES string of the molecule is Cc1ccn2c(c1)nc1c3ccccc3n3c4ccccc4nc3c12. The first kappa shape index (κ1) is 13.0. The normalized spacial score (nSPS) is 12.2. The number of hydrogen-bond acceptors (Lipinski definition) is 2. The quantitative estimate of drug-likeness (QED) is 0.404. The van der Waals surface area contributed by atoms with E-state index in [9.17, 15) is 0 Å². The molecule has 0 saturated heterocycles. The van der Waals surface area contributed by atoms with E-state index in [-0.39, 0.29) is 0 Å². The first-order valence-electron chi connectivity index (χ1n) is 8.37. The van der Waals surface area contributed by atoms with Gasteiger partial charge in [-0.15, -0.1) is 0 Å². The van der Waals surface area contributed by atoms with Gasteiger partial charge in [-0.3, -0.25) is 8.80 Å². The second kappa shape index (κ2) is 4.36. The van der Waals surface area contributed by atoms with Gasteiger partial charge in [0, 0.05) is 11.6 Å². The van der Waals surface area contributed by atoms with Crippen molar-refractivity contribution in [2.24, 2.45) is 0 Å². The van der Waals surface area contributed by atoms with Gasteiger partial charge < -0.3 is 0 Å². The first-order chi connectivity index (χ1) is 12.3. The molecule has 4 heteroatoms. The summed E-state index contributed by atoms with van der Waals surface area (Å²) in [7, 11) is 0. The van der Waals surface area contributed by atoms with Crippen LogP contribution in [0.2, 0.25) is 0 Å². The summed E-state index contributed by atoms with van der Waals surface area (Å²) in [6.45, 7) is 2.09. The van der Waals surface area contributed by atoms with Crippen molar-refractivity contribution in [3.63, 3.8) is 0 Å². The van der Waals surface area contributed by atoms with Crippen LogP contribution in [-0.2, 0) is 0 Å². The summed E-state index contributed by atoms with van der Waals surface area (Å²) in [4.78, 5) is 9.87. The van der Waals surface area contributed by atoms with Crippen LogP contribution >= 0.6 is 0 Å². The van der Waals surface area contributed by atoms with Gasteiger partial charge in [0.05, 0.1) is 16.6 Å². The Labute approximate surface area is 143 Å². The van der Waals surface area contributed by atoms with E-state index < -0.39 is 0 Å². The van der Waals surface area contributed by atoms with E-state index in [0.717, 1.165) is 44.3 Å². The summed E-state index contributed by atoms with van der Waals surface area (Å²) in [6.07, 6.45) is 2.09. The maximum absolute atomic E-state index is 4.94. The van der Waals surface area contributed by atoms with Crippen molar-refractivity contribution in [2.75, 3.05) is 0 Å². The number of nitrogens with zero attached hydrogens (tertiary/aromatic N) is 4. The van der Waals surface area contributed by atoms with Crippen LogP contribution in [0.25, 0.3) is 44.3 Å². The van der Waals surface area contributed by atoms with Gasteiger partial charge in [-0.2, -0.15) is 0 Å². The highest BCUT2D eigenvalue weighted by Crippen LogP contribution is 2.32. The summed E-state index contributed by atoms with van der Waals surface area (Å²) in [6, 6.07) is 21.0. The van der Waals surface area contributed by atoms with Crippen LogP contribution in [-0.4, -0.2) is 18.8 Å². The zero-order chi connectivity index (χ0) is 16.5. The lowest BCUT2D eigenvalue weighted by Crippen LogP contribution is -1.92. The summed E-state index contributed by atoms with van der Waals surface area (Å²) >= 11 is 0.